The molecule has 6 nitrogen and oxygen atoms in total. The summed E-state index contributed by atoms with van der Waals surface area (Å²) in [6, 6.07) is 0.339. The lowest BCUT2D eigenvalue weighted by Gasteiger charge is -2.35. The van der Waals surface area contributed by atoms with Crippen molar-refractivity contribution in [3.05, 3.63) is 5.82 Å². The van der Waals surface area contributed by atoms with Gasteiger partial charge in [-0.15, -0.1) is 5.10 Å². The summed E-state index contributed by atoms with van der Waals surface area (Å²) in [5, 5.41) is 16.1. The number of rotatable bonds is 1. The Labute approximate surface area is 92.7 Å². The molecule has 1 aromatic heterocycles. The number of nitrogens with one attached hydrogen (secondary N) is 1. The first-order chi connectivity index (χ1) is 7.75. The highest BCUT2D eigenvalue weighted by Gasteiger charge is 2.34. The van der Waals surface area contributed by atoms with Gasteiger partial charge in [0.25, 0.3) is 5.82 Å². The third kappa shape index (κ3) is 1.36. The number of nitrogens with zero attached hydrogens (tertiary/aromatic N) is 3. The second-order valence-corrected chi connectivity index (χ2v) is 4.50. The first-order valence-electron chi connectivity index (χ1n) is 5.69. The molecule has 86 valence electrons. The Balaban J connectivity index is 1.97. The van der Waals surface area contributed by atoms with Crippen molar-refractivity contribution < 1.29 is 9.90 Å². The Bertz CT molecular complexity index is 428. The molecule has 0 saturated heterocycles. The quantitative estimate of drug-likeness (QED) is 0.744. The van der Waals surface area contributed by atoms with E-state index in [1.165, 1.54) is 19.3 Å². The molecule has 1 aliphatic carbocycles. The van der Waals surface area contributed by atoms with E-state index in [1.807, 2.05) is 0 Å². The van der Waals surface area contributed by atoms with Crippen LogP contribution < -0.4 is 5.32 Å². The molecule has 0 aromatic carbocycles. The van der Waals surface area contributed by atoms with Crippen LogP contribution in [0.1, 0.15) is 42.3 Å². The molecule has 0 radical (unpaired) electrons. The number of anilines is 1. The number of fused-ring (bicyclic) bond motifs is 3. The molecule has 1 fully saturated rings. The molecular weight excluding hydrogens is 208 g/mol. The molecule has 0 amide bonds. The Morgan fingerprint density at radius 2 is 2.25 bits per heavy atom. The van der Waals surface area contributed by atoms with Gasteiger partial charge in [-0.05, 0) is 18.8 Å². The van der Waals surface area contributed by atoms with Crippen molar-refractivity contribution in [3.63, 3.8) is 0 Å². The zero-order valence-electron chi connectivity index (χ0n) is 8.89. The number of carboxylic acid groups (broad SMARTS) is 1. The van der Waals surface area contributed by atoms with Crippen LogP contribution in [0, 0.1) is 5.92 Å². The van der Waals surface area contributed by atoms with Crippen molar-refractivity contribution in [1.82, 2.24) is 14.8 Å². The molecule has 2 atom stereocenters. The zero-order chi connectivity index (χ0) is 11.1. The number of carbonyl (C=O) groups is 1. The summed E-state index contributed by atoms with van der Waals surface area (Å²) in [7, 11) is 0. The monoisotopic (exact) mass is 222 g/mol. The standard InChI is InChI=1S/C10H14N4O2/c15-9(16)8-12-10-11-5-6-3-1-2-4-7(6)14(10)13-8/h6-7H,1-5H2,(H,15,16)(H,11,12,13). The molecule has 16 heavy (non-hydrogen) atoms. The lowest BCUT2D eigenvalue weighted by Crippen LogP contribution is -2.35. The number of aromatic carboxylic acids is 1. The Morgan fingerprint density at radius 3 is 3.06 bits per heavy atom. The largest absolute Gasteiger partial charge is 0.475 e. The average Bonchev–Trinajstić information content (AvgIpc) is 2.73. The highest BCUT2D eigenvalue weighted by atomic mass is 16.4. The fourth-order valence-electron chi connectivity index (χ4n) is 2.74. The molecule has 1 saturated carbocycles. The van der Waals surface area contributed by atoms with Crippen molar-refractivity contribution in [1.29, 1.82) is 0 Å². The van der Waals surface area contributed by atoms with E-state index in [0.29, 0.717) is 17.9 Å². The van der Waals surface area contributed by atoms with Crippen LogP contribution >= 0.6 is 0 Å². The van der Waals surface area contributed by atoms with Crippen molar-refractivity contribution in [2.45, 2.75) is 31.7 Å². The zero-order valence-corrected chi connectivity index (χ0v) is 8.89. The van der Waals surface area contributed by atoms with Crippen molar-refractivity contribution in [2.24, 2.45) is 5.92 Å². The van der Waals surface area contributed by atoms with E-state index in [1.54, 1.807) is 4.68 Å². The summed E-state index contributed by atoms with van der Waals surface area (Å²) < 4.78 is 1.77. The highest BCUT2D eigenvalue weighted by molar-refractivity contribution is 5.83. The Hall–Kier alpha value is -1.59. The SMILES string of the molecule is O=C(O)c1nc2n(n1)C1CCCCC1CN2. The summed E-state index contributed by atoms with van der Waals surface area (Å²) in [6.07, 6.45) is 4.74. The third-order valence-electron chi connectivity index (χ3n) is 3.53. The summed E-state index contributed by atoms with van der Waals surface area (Å²) in [4.78, 5) is 14.8. The topological polar surface area (TPSA) is 80.0 Å². The van der Waals surface area contributed by atoms with E-state index < -0.39 is 5.97 Å². The molecule has 1 aromatic rings. The van der Waals surface area contributed by atoms with Gasteiger partial charge in [0, 0.05) is 6.54 Å². The van der Waals surface area contributed by atoms with Gasteiger partial charge in [-0.25, -0.2) is 9.48 Å². The van der Waals surface area contributed by atoms with E-state index in [4.69, 9.17) is 5.11 Å². The average molecular weight is 222 g/mol. The fraction of sp³-hybridized carbons (Fsp3) is 0.700. The van der Waals surface area contributed by atoms with Gasteiger partial charge in [0.15, 0.2) is 0 Å². The molecule has 2 N–H and O–H groups in total. The van der Waals surface area contributed by atoms with Crippen LogP contribution in [-0.4, -0.2) is 32.4 Å². The van der Waals surface area contributed by atoms with Crippen LogP contribution in [0.4, 0.5) is 5.95 Å². The minimum absolute atomic E-state index is 0.103. The predicted octanol–water partition coefficient (Wildman–Crippen LogP) is 1.13. The third-order valence-corrected chi connectivity index (χ3v) is 3.53. The van der Waals surface area contributed by atoms with E-state index in [0.717, 1.165) is 13.0 Å². The van der Waals surface area contributed by atoms with Gasteiger partial charge in [0.1, 0.15) is 0 Å². The van der Waals surface area contributed by atoms with Crippen LogP contribution in [-0.2, 0) is 0 Å². The van der Waals surface area contributed by atoms with Crippen molar-refractivity contribution >= 4 is 11.9 Å². The lowest BCUT2D eigenvalue weighted by atomic mass is 9.84. The molecule has 6 heteroatoms. The Kier molecular flexibility index (Phi) is 2.08. The van der Waals surface area contributed by atoms with Crippen LogP contribution in [0.5, 0.6) is 0 Å². The van der Waals surface area contributed by atoms with Crippen LogP contribution in [0.3, 0.4) is 0 Å². The van der Waals surface area contributed by atoms with Crippen molar-refractivity contribution in [2.75, 3.05) is 11.9 Å². The highest BCUT2D eigenvalue weighted by Crippen LogP contribution is 2.37. The number of hydrogen-bond acceptors (Lipinski definition) is 4. The number of hydrogen-bond donors (Lipinski definition) is 2. The molecular formula is C10H14N4O2. The van der Waals surface area contributed by atoms with Gasteiger partial charge in [-0.3, -0.25) is 0 Å². The molecule has 2 unspecified atom stereocenters. The number of aromatic nitrogens is 3. The maximum absolute atomic E-state index is 10.8. The normalized spacial score (nSPS) is 27.8. The first-order valence-corrected chi connectivity index (χ1v) is 5.69. The minimum atomic E-state index is -1.06. The lowest BCUT2D eigenvalue weighted by molar-refractivity contribution is 0.0682. The van der Waals surface area contributed by atoms with Gasteiger partial charge in [-0.1, -0.05) is 12.8 Å². The summed E-state index contributed by atoms with van der Waals surface area (Å²) >= 11 is 0. The van der Waals surface area contributed by atoms with Gasteiger partial charge in [0.05, 0.1) is 6.04 Å². The summed E-state index contributed by atoms with van der Waals surface area (Å²) in [5.41, 5.74) is 0. The van der Waals surface area contributed by atoms with Crippen LogP contribution in [0.25, 0.3) is 0 Å². The Morgan fingerprint density at radius 1 is 1.44 bits per heavy atom. The second kappa shape index (κ2) is 3.47. The molecule has 0 spiro atoms. The molecule has 1 aliphatic heterocycles. The smallest absolute Gasteiger partial charge is 0.375 e. The fourth-order valence-corrected chi connectivity index (χ4v) is 2.74. The van der Waals surface area contributed by atoms with Crippen molar-refractivity contribution in [3.8, 4) is 0 Å². The van der Waals surface area contributed by atoms with E-state index in [2.05, 4.69) is 15.4 Å². The van der Waals surface area contributed by atoms with Gasteiger partial charge >= 0.3 is 5.97 Å². The predicted molar refractivity (Wildman–Crippen MR) is 56.5 cm³/mol. The first kappa shape index (κ1) is 9.62. The maximum Gasteiger partial charge on any atom is 0.375 e. The minimum Gasteiger partial charge on any atom is -0.475 e. The molecule has 2 heterocycles. The van der Waals surface area contributed by atoms with Crippen LogP contribution in [0.15, 0.2) is 0 Å². The van der Waals surface area contributed by atoms with Gasteiger partial charge < -0.3 is 10.4 Å². The molecule has 2 aliphatic rings. The van der Waals surface area contributed by atoms with E-state index >= 15 is 0 Å². The molecule has 3 rings (SSSR count). The van der Waals surface area contributed by atoms with E-state index in [9.17, 15) is 4.79 Å². The second-order valence-electron chi connectivity index (χ2n) is 4.50. The molecule has 0 bridgehead atoms. The summed E-state index contributed by atoms with van der Waals surface area (Å²) in [6.45, 7) is 0.891. The maximum atomic E-state index is 10.8. The van der Waals surface area contributed by atoms with E-state index in [-0.39, 0.29) is 5.82 Å². The summed E-state index contributed by atoms with van der Waals surface area (Å²) in [5.74, 6) is 0.0231. The van der Waals surface area contributed by atoms with Crippen LogP contribution in [0.2, 0.25) is 0 Å². The number of carboxylic acids is 1. The van der Waals surface area contributed by atoms with Gasteiger partial charge in [0.2, 0.25) is 5.95 Å². The van der Waals surface area contributed by atoms with Gasteiger partial charge in [-0.2, -0.15) is 4.98 Å².